The van der Waals surface area contributed by atoms with Gasteiger partial charge in [-0.15, -0.1) is 0 Å². The summed E-state index contributed by atoms with van der Waals surface area (Å²) in [5.41, 5.74) is 0. The van der Waals surface area contributed by atoms with Gasteiger partial charge in [-0.25, -0.2) is 0 Å². The summed E-state index contributed by atoms with van der Waals surface area (Å²) in [4.78, 5) is 15.3. The van der Waals surface area contributed by atoms with Crippen LogP contribution in [0.3, 0.4) is 0 Å². The monoisotopic (exact) mass is 193 g/mol. The molecule has 2 atom stereocenters. The second-order valence-electron chi connectivity index (χ2n) is 3.76. The molecule has 0 radical (unpaired) electrons. The number of ether oxygens (including phenoxy) is 1. The van der Waals surface area contributed by atoms with Crippen LogP contribution in [-0.4, -0.2) is 18.4 Å². The molecule has 14 heavy (non-hydrogen) atoms. The molecule has 76 valence electrons. The minimum atomic E-state index is -0.0405. The molecule has 2 rings (SSSR count). The third-order valence-corrected chi connectivity index (χ3v) is 2.80. The average molecular weight is 193 g/mol. The van der Waals surface area contributed by atoms with E-state index in [0.29, 0.717) is 30.8 Å². The van der Waals surface area contributed by atoms with Gasteiger partial charge in [0.1, 0.15) is 0 Å². The van der Waals surface area contributed by atoms with Gasteiger partial charge in [0.2, 0.25) is 5.91 Å². The van der Waals surface area contributed by atoms with E-state index in [1.54, 1.807) is 0 Å². The van der Waals surface area contributed by atoms with E-state index in [2.05, 4.69) is 17.1 Å². The van der Waals surface area contributed by atoms with Crippen molar-refractivity contribution in [3.05, 3.63) is 12.2 Å². The lowest BCUT2D eigenvalue weighted by Gasteiger charge is -2.30. The number of carbonyl (C=O) groups is 1. The van der Waals surface area contributed by atoms with E-state index in [1.807, 2.05) is 6.92 Å². The quantitative estimate of drug-likeness (QED) is 0.597. The summed E-state index contributed by atoms with van der Waals surface area (Å²) in [7, 11) is 0. The van der Waals surface area contributed by atoms with E-state index >= 15 is 0 Å². The largest absolute Gasteiger partial charge is 0.481 e. The molecule has 1 aliphatic heterocycles. The predicted octanol–water partition coefficient (Wildman–Crippen LogP) is 1.93. The Balaban J connectivity index is 2.20. The number of hydrogen-bond donors (Lipinski definition) is 0. The Morgan fingerprint density at radius 1 is 1.64 bits per heavy atom. The molecule has 0 spiro atoms. The van der Waals surface area contributed by atoms with Gasteiger partial charge in [-0.05, 0) is 25.7 Å². The number of carbonyl (C=O) groups excluding carboxylic acids is 1. The van der Waals surface area contributed by atoms with Crippen LogP contribution in [0.25, 0.3) is 0 Å². The highest BCUT2D eigenvalue weighted by Crippen LogP contribution is 2.32. The van der Waals surface area contributed by atoms with Crippen molar-refractivity contribution in [2.75, 3.05) is 6.61 Å². The minimum Gasteiger partial charge on any atom is -0.481 e. The van der Waals surface area contributed by atoms with Crippen LogP contribution in [0.2, 0.25) is 0 Å². The van der Waals surface area contributed by atoms with E-state index in [0.717, 1.165) is 12.8 Å². The molecule has 0 N–H and O–H groups in total. The van der Waals surface area contributed by atoms with Crippen molar-refractivity contribution in [2.24, 2.45) is 16.8 Å². The Morgan fingerprint density at radius 3 is 3.29 bits per heavy atom. The maximum absolute atomic E-state index is 11.3. The van der Waals surface area contributed by atoms with Gasteiger partial charge in [0.25, 0.3) is 0 Å². The van der Waals surface area contributed by atoms with Gasteiger partial charge in [0, 0.05) is 12.3 Å². The Morgan fingerprint density at radius 2 is 2.50 bits per heavy atom. The van der Waals surface area contributed by atoms with Crippen LogP contribution in [0.1, 0.15) is 26.2 Å². The SMILES string of the molecule is CCOC1=NC(=O)CC2C=CCCC12. The van der Waals surface area contributed by atoms with Gasteiger partial charge >= 0.3 is 0 Å². The molecule has 0 aromatic carbocycles. The third kappa shape index (κ3) is 1.72. The van der Waals surface area contributed by atoms with Gasteiger partial charge < -0.3 is 4.74 Å². The zero-order valence-electron chi connectivity index (χ0n) is 8.40. The molecule has 0 fully saturated rings. The fraction of sp³-hybridized carbons (Fsp3) is 0.636. The Bertz CT molecular complexity index is 294. The van der Waals surface area contributed by atoms with Crippen LogP contribution >= 0.6 is 0 Å². The molecule has 0 bridgehead atoms. The lowest BCUT2D eigenvalue weighted by molar-refractivity contribution is -0.119. The highest BCUT2D eigenvalue weighted by atomic mass is 16.5. The van der Waals surface area contributed by atoms with E-state index in [9.17, 15) is 4.79 Å². The lowest BCUT2D eigenvalue weighted by Crippen LogP contribution is -2.33. The first-order valence-corrected chi connectivity index (χ1v) is 5.22. The maximum atomic E-state index is 11.3. The van der Waals surface area contributed by atoms with Crippen molar-refractivity contribution in [1.29, 1.82) is 0 Å². The van der Waals surface area contributed by atoms with Crippen LogP contribution in [0, 0.1) is 11.8 Å². The Labute approximate surface area is 83.9 Å². The third-order valence-electron chi connectivity index (χ3n) is 2.80. The van der Waals surface area contributed by atoms with Crippen LogP contribution < -0.4 is 0 Å². The number of fused-ring (bicyclic) bond motifs is 1. The first kappa shape index (κ1) is 9.44. The minimum absolute atomic E-state index is 0.0405. The molecule has 0 aromatic rings. The van der Waals surface area contributed by atoms with Crippen LogP contribution in [0.15, 0.2) is 17.1 Å². The van der Waals surface area contributed by atoms with Crippen molar-refractivity contribution in [3.63, 3.8) is 0 Å². The van der Waals surface area contributed by atoms with Crippen LogP contribution in [0.4, 0.5) is 0 Å². The fourth-order valence-electron chi connectivity index (χ4n) is 2.15. The van der Waals surface area contributed by atoms with Crippen molar-refractivity contribution < 1.29 is 9.53 Å². The number of allylic oxidation sites excluding steroid dienone is 2. The first-order chi connectivity index (χ1) is 6.81. The number of nitrogens with zero attached hydrogens (tertiary/aromatic N) is 1. The molecule has 0 saturated heterocycles. The molecule has 3 heteroatoms. The van der Waals surface area contributed by atoms with Gasteiger partial charge in [-0.2, -0.15) is 4.99 Å². The van der Waals surface area contributed by atoms with E-state index in [4.69, 9.17) is 4.74 Å². The average Bonchev–Trinajstić information content (AvgIpc) is 2.18. The summed E-state index contributed by atoms with van der Waals surface area (Å²) < 4.78 is 5.42. The maximum Gasteiger partial charge on any atom is 0.249 e. The summed E-state index contributed by atoms with van der Waals surface area (Å²) in [5.74, 6) is 1.30. The number of amides is 1. The van der Waals surface area contributed by atoms with Gasteiger partial charge in [0.15, 0.2) is 5.90 Å². The van der Waals surface area contributed by atoms with Gasteiger partial charge in [0.05, 0.1) is 6.61 Å². The second kappa shape index (κ2) is 3.95. The molecule has 2 aliphatic rings. The van der Waals surface area contributed by atoms with Gasteiger partial charge in [-0.3, -0.25) is 4.79 Å². The molecule has 0 aromatic heterocycles. The number of rotatable bonds is 1. The van der Waals surface area contributed by atoms with E-state index < -0.39 is 0 Å². The molecule has 1 aliphatic carbocycles. The zero-order valence-corrected chi connectivity index (χ0v) is 8.40. The van der Waals surface area contributed by atoms with E-state index in [1.165, 1.54) is 0 Å². The smallest absolute Gasteiger partial charge is 0.249 e. The lowest BCUT2D eigenvalue weighted by atomic mass is 9.80. The molecule has 1 heterocycles. The highest BCUT2D eigenvalue weighted by Gasteiger charge is 2.33. The first-order valence-electron chi connectivity index (χ1n) is 5.22. The summed E-state index contributed by atoms with van der Waals surface area (Å²) >= 11 is 0. The molecule has 0 saturated carbocycles. The Hall–Kier alpha value is -1.12. The summed E-state index contributed by atoms with van der Waals surface area (Å²) in [6.45, 7) is 2.52. The second-order valence-corrected chi connectivity index (χ2v) is 3.76. The highest BCUT2D eigenvalue weighted by molar-refractivity contribution is 5.95. The van der Waals surface area contributed by atoms with Crippen molar-refractivity contribution in [2.45, 2.75) is 26.2 Å². The predicted molar refractivity (Wildman–Crippen MR) is 54.0 cm³/mol. The number of aliphatic imine (C=N–C) groups is 1. The Kier molecular flexibility index (Phi) is 2.66. The topological polar surface area (TPSA) is 38.7 Å². The van der Waals surface area contributed by atoms with Crippen molar-refractivity contribution in [3.8, 4) is 0 Å². The molecular formula is C11H15NO2. The normalized spacial score (nSPS) is 30.9. The molecule has 1 amide bonds. The van der Waals surface area contributed by atoms with Crippen LogP contribution in [-0.2, 0) is 9.53 Å². The molecular weight excluding hydrogens is 178 g/mol. The standard InChI is InChI=1S/C11H15NO2/c1-2-14-11-9-6-4-3-5-8(9)7-10(13)12-11/h3,5,8-9H,2,4,6-7H2,1H3. The van der Waals surface area contributed by atoms with Gasteiger partial charge in [-0.1, -0.05) is 12.2 Å². The summed E-state index contributed by atoms with van der Waals surface area (Å²) in [5, 5.41) is 0. The van der Waals surface area contributed by atoms with Crippen molar-refractivity contribution >= 4 is 11.8 Å². The number of hydrogen-bond acceptors (Lipinski definition) is 2. The zero-order chi connectivity index (χ0) is 9.97. The summed E-state index contributed by atoms with van der Waals surface area (Å²) in [6.07, 6.45) is 6.98. The molecule has 3 nitrogen and oxygen atoms in total. The van der Waals surface area contributed by atoms with Crippen LogP contribution in [0.5, 0.6) is 0 Å². The fourth-order valence-corrected chi connectivity index (χ4v) is 2.15. The molecule has 2 unspecified atom stereocenters. The van der Waals surface area contributed by atoms with E-state index in [-0.39, 0.29) is 5.91 Å². The summed E-state index contributed by atoms with van der Waals surface area (Å²) in [6, 6.07) is 0. The van der Waals surface area contributed by atoms with Crippen molar-refractivity contribution in [1.82, 2.24) is 0 Å².